The molecular weight excluding hydrogens is 276 g/mol. The van der Waals surface area contributed by atoms with Crippen molar-refractivity contribution in [1.29, 1.82) is 0 Å². The molecule has 0 unspecified atom stereocenters. The smallest absolute Gasteiger partial charge is 0.176 e. The van der Waals surface area contributed by atoms with Crippen LogP contribution in [0.1, 0.15) is 5.56 Å². The third kappa shape index (κ3) is 2.54. The number of aryl methyl sites for hydroxylation is 1. The molecule has 0 spiro atoms. The maximum atomic E-state index is 6.11. The van der Waals surface area contributed by atoms with Crippen molar-refractivity contribution in [2.45, 2.75) is 6.92 Å². The fraction of sp³-hybridized carbons (Fsp3) is 0.0625. The van der Waals surface area contributed by atoms with Crippen LogP contribution in [0.5, 0.6) is 0 Å². The van der Waals surface area contributed by atoms with Gasteiger partial charge in [0.25, 0.3) is 0 Å². The number of rotatable bonds is 3. The minimum Gasteiger partial charge on any atom is -0.382 e. The van der Waals surface area contributed by atoms with Crippen molar-refractivity contribution in [3.8, 4) is 5.69 Å². The molecule has 0 saturated carbocycles. The molecule has 0 aliphatic heterocycles. The predicted molar refractivity (Wildman–Crippen MR) is 87.7 cm³/mol. The lowest BCUT2D eigenvalue weighted by Gasteiger charge is -2.02. The van der Waals surface area contributed by atoms with Crippen molar-refractivity contribution < 1.29 is 0 Å². The molecule has 2 aromatic carbocycles. The summed E-state index contributed by atoms with van der Waals surface area (Å²) in [5.74, 6) is 0.611. The van der Waals surface area contributed by atoms with E-state index in [1.54, 1.807) is 4.68 Å². The van der Waals surface area contributed by atoms with Gasteiger partial charge in [0.1, 0.15) is 0 Å². The molecule has 6 heteroatoms. The number of azo groups is 1. The molecule has 22 heavy (non-hydrogen) atoms. The lowest BCUT2D eigenvalue weighted by molar-refractivity contribution is 0.897. The van der Waals surface area contributed by atoms with Crippen molar-refractivity contribution in [2.24, 2.45) is 10.2 Å². The van der Waals surface area contributed by atoms with E-state index in [1.165, 1.54) is 0 Å². The first-order chi connectivity index (χ1) is 10.7. The minimum atomic E-state index is 0.249. The summed E-state index contributed by atoms with van der Waals surface area (Å²) in [5, 5.41) is 12.6. The monoisotopic (exact) mass is 292 g/mol. The molecule has 0 atom stereocenters. The maximum Gasteiger partial charge on any atom is 0.176 e. The molecule has 0 aliphatic carbocycles. The van der Waals surface area contributed by atoms with Gasteiger partial charge in [-0.3, -0.25) is 0 Å². The zero-order chi connectivity index (χ0) is 15.5. The van der Waals surface area contributed by atoms with Crippen LogP contribution in [0.3, 0.4) is 0 Å². The summed E-state index contributed by atoms with van der Waals surface area (Å²) in [6.45, 7) is 1.97. The van der Waals surface area contributed by atoms with Gasteiger partial charge in [0, 0.05) is 0 Å². The Bertz CT molecular complexity index is 820. The van der Waals surface area contributed by atoms with Gasteiger partial charge in [-0.05, 0) is 30.7 Å². The van der Waals surface area contributed by atoms with E-state index in [1.807, 2.05) is 61.5 Å². The first-order valence-corrected chi connectivity index (χ1v) is 6.83. The maximum absolute atomic E-state index is 6.11. The van der Waals surface area contributed by atoms with Crippen LogP contribution in [0.25, 0.3) is 5.69 Å². The molecule has 3 aromatic rings. The number of anilines is 2. The molecule has 1 aromatic heterocycles. The Morgan fingerprint density at radius 1 is 0.909 bits per heavy atom. The molecule has 4 N–H and O–H groups in total. The van der Waals surface area contributed by atoms with Gasteiger partial charge in [-0.25, -0.2) is 4.68 Å². The van der Waals surface area contributed by atoms with E-state index in [-0.39, 0.29) is 5.82 Å². The molecule has 0 fully saturated rings. The van der Waals surface area contributed by atoms with E-state index in [9.17, 15) is 0 Å². The largest absolute Gasteiger partial charge is 0.382 e. The summed E-state index contributed by atoms with van der Waals surface area (Å²) < 4.78 is 1.56. The minimum absolute atomic E-state index is 0.249. The summed E-state index contributed by atoms with van der Waals surface area (Å²) in [7, 11) is 0. The van der Waals surface area contributed by atoms with Gasteiger partial charge >= 0.3 is 0 Å². The molecule has 110 valence electrons. The van der Waals surface area contributed by atoms with Crippen molar-refractivity contribution in [1.82, 2.24) is 9.78 Å². The Labute approximate surface area is 128 Å². The fourth-order valence-electron chi connectivity index (χ4n) is 2.09. The Kier molecular flexibility index (Phi) is 3.57. The second kappa shape index (κ2) is 5.69. The van der Waals surface area contributed by atoms with Crippen LogP contribution in [-0.4, -0.2) is 9.78 Å². The third-order valence-electron chi connectivity index (χ3n) is 3.30. The van der Waals surface area contributed by atoms with Crippen molar-refractivity contribution in [3.63, 3.8) is 0 Å². The number of nitrogen functional groups attached to an aromatic ring is 2. The number of nitrogens with two attached hydrogens (primary N) is 2. The predicted octanol–water partition coefficient (Wildman–Crippen LogP) is 3.76. The first kappa shape index (κ1) is 13.8. The van der Waals surface area contributed by atoms with Crippen LogP contribution in [0.4, 0.5) is 23.0 Å². The first-order valence-electron chi connectivity index (χ1n) is 6.83. The SMILES string of the molecule is Cc1ccccc1N=Nc1c(N)nn(-c2ccccc2)c1N. The average molecular weight is 292 g/mol. The molecule has 0 radical (unpaired) electrons. The molecular formula is C16H16N6. The summed E-state index contributed by atoms with van der Waals surface area (Å²) in [5.41, 5.74) is 15.0. The van der Waals surface area contributed by atoms with Gasteiger partial charge < -0.3 is 11.5 Å². The topological polar surface area (TPSA) is 94.6 Å². The summed E-state index contributed by atoms with van der Waals surface area (Å²) in [4.78, 5) is 0. The van der Waals surface area contributed by atoms with Crippen LogP contribution in [0, 0.1) is 6.92 Å². The quantitative estimate of drug-likeness (QED) is 0.719. The van der Waals surface area contributed by atoms with Gasteiger partial charge in [-0.1, -0.05) is 36.4 Å². The average Bonchev–Trinajstić information content (AvgIpc) is 2.82. The van der Waals surface area contributed by atoms with Gasteiger partial charge in [0.2, 0.25) is 0 Å². The Morgan fingerprint density at radius 3 is 2.32 bits per heavy atom. The van der Waals surface area contributed by atoms with Crippen molar-refractivity contribution in [3.05, 3.63) is 60.2 Å². The van der Waals surface area contributed by atoms with E-state index in [2.05, 4.69) is 15.3 Å². The number of hydrogen-bond acceptors (Lipinski definition) is 5. The zero-order valence-electron chi connectivity index (χ0n) is 12.1. The van der Waals surface area contributed by atoms with E-state index in [0.29, 0.717) is 11.5 Å². The van der Waals surface area contributed by atoms with E-state index >= 15 is 0 Å². The van der Waals surface area contributed by atoms with Crippen LogP contribution in [0.15, 0.2) is 64.8 Å². The highest BCUT2D eigenvalue weighted by atomic mass is 15.4. The molecule has 0 aliphatic rings. The lowest BCUT2D eigenvalue weighted by Crippen LogP contribution is -2.01. The van der Waals surface area contributed by atoms with Crippen LogP contribution in [0.2, 0.25) is 0 Å². The number of para-hydroxylation sites is 1. The van der Waals surface area contributed by atoms with E-state index < -0.39 is 0 Å². The number of nitrogens with zero attached hydrogens (tertiary/aromatic N) is 4. The highest BCUT2D eigenvalue weighted by Crippen LogP contribution is 2.32. The third-order valence-corrected chi connectivity index (χ3v) is 3.30. The van der Waals surface area contributed by atoms with Gasteiger partial charge in [0.05, 0.1) is 11.4 Å². The van der Waals surface area contributed by atoms with Gasteiger partial charge in [-0.15, -0.1) is 10.2 Å². The Hall–Kier alpha value is -3.15. The molecule has 6 nitrogen and oxygen atoms in total. The normalized spacial score (nSPS) is 11.1. The van der Waals surface area contributed by atoms with Gasteiger partial charge in [-0.2, -0.15) is 5.11 Å². The second-order valence-corrected chi connectivity index (χ2v) is 4.85. The summed E-state index contributed by atoms with van der Waals surface area (Å²) in [6.07, 6.45) is 0. The molecule has 3 rings (SSSR count). The number of aromatic nitrogens is 2. The molecule has 0 amide bonds. The molecule has 0 bridgehead atoms. The van der Waals surface area contributed by atoms with Crippen LogP contribution >= 0.6 is 0 Å². The van der Waals surface area contributed by atoms with Crippen LogP contribution < -0.4 is 11.5 Å². The van der Waals surface area contributed by atoms with Gasteiger partial charge in [0.15, 0.2) is 17.3 Å². The molecule has 1 heterocycles. The summed E-state index contributed by atoms with van der Waals surface area (Å²) in [6, 6.07) is 17.2. The Balaban J connectivity index is 1.99. The van der Waals surface area contributed by atoms with E-state index in [4.69, 9.17) is 11.5 Å². The number of hydrogen-bond donors (Lipinski definition) is 2. The highest BCUT2D eigenvalue weighted by molar-refractivity contribution is 5.73. The number of benzene rings is 2. The van der Waals surface area contributed by atoms with Crippen LogP contribution in [-0.2, 0) is 0 Å². The lowest BCUT2D eigenvalue weighted by atomic mass is 10.2. The standard InChI is InChI=1S/C16H16N6/c1-11-7-5-6-10-13(11)19-20-14-15(17)21-22(16(14)18)12-8-3-2-4-9-12/h2-10H,18H2,1H3,(H2,17,21). The Morgan fingerprint density at radius 2 is 1.59 bits per heavy atom. The van der Waals surface area contributed by atoms with E-state index in [0.717, 1.165) is 16.9 Å². The van der Waals surface area contributed by atoms with Crippen molar-refractivity contribution in [2.75, 3.05) is 11.5 Å². The second-order valence-electron chi connectivity index (χ2n) is 4.85. The summed E-state index contributed by atoms with van der Waals surface area (Å²) >= 11 is 0. The van der Waals surface area contributed by atoms with Crippen molar-refractivity contribution >= 4 is 23.0 Å². The zero-order valence-corrected chi connectivity index (χ0v) is 12.1. The highest BCUT2D eigenvalue weighted by Gasteiger charge is 2.14. The fourth-order valence-corrected chi connectivity index (χ4v) is 2.09. The molecule has 0 saturated heterocycles.